The van der Waals surface area contributed by atoms with E-state index in [0.29, 0.717) is 10.7 Å². The molecule has 0 bridgehead atoms. The van der Waals surface area contributed by atoms with Crippen LogP contribution in [0.25, 0.3) is 11.3 Å². The number of nitriles is 1. The second-order valence-corrected chi connectivity index (χ2v) is 6.02. The van der Waals surface area contributed by atoms with Gasteiger partial charge >= 0.3 is 6.18 Å². The molecule has 1 aromatic heterocycles. The maximum Gasteiger partial charge on any atom is 0.416 e. The zero-order valence-electron chi connectivity index (χ0n) is 13.2. The molecule has 1 heterocycles. The number of hydrogen-bond acceptors (Lipinski definition) is 5. The van der Waals surface area contributed by atoms with Crippen molar-refractivity contribution in [2.24, 2.45) is 5.10 Å². The van der Waals surface area contributed by atoms with E-state index < -0.39 is 11.7 Å². The quantitative estimate of drug-likeness (QED) is 0.508. The molecule has 0 aliphatic heterocycles. The van der Waals surface area contributed by atoms with E-state index in [1.54, 1.807) is 5.38 Å². The summed E-state index contributed by atoms with van der Waals surface area (Å²) in [6, 6.07) is 15.9. The summed E-state index contributed by atoms with van der Waals surface area (Å²) in [4.78, 5) is 4.37. The van der Waals surface area contributed by atoms with Gasteiger partial charge < -0.3 is 0 Å². The predicted molar refractivity (Wildman–Crippen MR) is 94.8 cm³/mol. The molecule has 0 saturated heterocycles. The lowest BCUT2D eigenvalue weighted by atomic mass is 10.2. The molecule has 3 aromatic rings. The SMILES string of the molecule is N#C/C(=N/Nc1cccc(C(F)(F)F)c1)c1nc(-c2ccccc2)cs1. The fourth-order valence-corrected chi connectivity index (χ4v) is 2.90. The molecule has 0 spiro atoms. The number of thiazole rings is 1. The lowest BCUT2D eigenvalue weighted by Gasteiger charge is -2.08. The minimum Gasteiger partial charge on any atom is -0.277 e. The van der Waals surface area contributed by atoms with Crippen LogP contribution in [-0.2, 0) is 6.18 Å². The fourth-order valence-electron chi connectivity index (χ4n) is 2.13. The molecule has 1 N–H and O–H groups in total. The highest BCUT2D eigenvalue weighted by Crippen LogP contribution is 2.30. The lowest BCUT2D eigenvalue weighted by molar-refractivity contribution is -0.137. The first-order valence-corrected chi connectivity index (χ1v) is 8.28. The molecule has 0 atom stereocenters. The lowest BCUT2D eigenvalue weighted by Crippen LogP contribution is -2.06. The van der Waals surface area contributed by atoms with Gasteiger partial charge in [0.25, 0.3) is 0 Å². The minimum absolute atomic E-state index is 0.00501. The van der Waals surface area contributed by atoms with Gasteiger partial charge in [0.15, 0.2) is 10.7 Å². The summed E-state index contributed by atoms with van der Waals surface area (Å²) in [5.74, 6) is 0. The van der Waals surface area contributed by atoms with Crippen molar-refractivity contribution < 1.29 is 13.2 Å². The van der Waals surface area contributed by atoms with Crippen molar-refractivity contribution in [2.45, 2.75) is 6.18 Å². The van der Waals surface area contributed by atoms with Crippen LogP contribution in [0.3, 0.4) is 0 Å². The Balaban J connectivity index is 1.82. The summed E-state index contributed by atoms with van der Waals surface area (Å²) in [6.45, 7) is 0. The van der Waals surface area contributed by atoms with Crippen molar-refractivity contribution in [3.8, 4) is 17.3 Å². The normalized spacial score (nSPS) is 11.8. The average Bonchev–Trinajstić information content (AvgIpc) is 3.13. The Morgan fingerprint density at radius 3 is 2.58 bits per heavy atom. The molecule has 0 aliphatic rings. The molecule has 0 amide bonds. The van der Waals surface area contributed by atoms with Crippen LogP contribution < -0.4 is 5.43 Å². The monoisotopic (exact) mass is 372 g/mol. The Bertz CT molecular complexity index is 972. The highest BCUT2D eigenvalue weighted by molar-refractivity contribution is 7.12. The van der Waals surface area contributed by atoms with Gasteiger partial charge in [-0.2, -0.15) is 23.5 Å². The van der Waals surface area contributed by atoms with Gasteiger partial charge in [-0.25, -0.2) is 4.98 Å². The molecular weight excluding hydrogens is 361 g/mol. The van der Waals surface area contributed by atoms with Crippen LogP contribution in [0, 0.1) is 11.3 Å². The van der Waals surface area contributed by atoms with Crippen LogP contribution in [0.2, 0.25) is 0 Å². The predicted octanol–water partition coefficient (Wildman–Crippen LogP) is 5.17. The van der Waals surface area contributed by atoms with E-state index in [9.17, 15) is 18.4 Å². The van der Waals surface area contributed by atoms with Gasteiger partial charge in [-0.1, -0.05) is 36.4 Å². The van der Waals surface area contributed by atoms with Gasteiger partial charge in [-0.3, -0.25) is 5.43 Å². The molecule has 0 saturated carbocycles. The topological polar surface area (TPSA) is 61.1 Å². The van der Waals surface area contributed by atoms with Crippen LogP contribution in [-0.4, -0.2) is 10.7 Å². The summed E-state index contributed by atoms with van der Waals surface area (Å²) in [7, 11) is 0. The number of alkyl halides is 3. The summed E-state index contributed by atoms with van der Waals surface area (Å²) < 4.78 is 38.2. The molecule has 0 unspecified atom stereocenters. The third-order valence-corrected chi connectivity index (χ3v) is 4.22. The number of hydrazone groups is 1. The van der Waals surface area contributed by atoms with Crippen LogP contribution >= 0.6 is 11.3 Å². The number of halogens is 3. The Morgan fingerprint density at radius 1 is 1.12 bits per heavy atom. The second-order valence-electron chi connectivity index (χ2n) is 5.17. The molecule has 2 aromatic carbocycles. The molecule has 3 rings (SSSR count). The van der Waals surface area contributed by atoms with E-state index in [0.717, 1.165) is 17.7 Å². The summed E-state index contributed by atoms with van der Waals surface area (Å²) >= 11 is 1.24. The van der Waals surface area contributed by atoms with Crippen LogP contribution in [0.15, 0.2) is 65.1 Å². The summed E-state index contributed by atoms with van der Waals surface area (Å²) in [5.41, 5.74) is 3.42. The molecule has 8 heteroatoms. The molecule has 4 nitrogen and oxygen atoms in total. The van der Waals surface area contributed by atoms with Crippen molar-refractivity contribution in [3.05, 3.63) is 70.5 Å². The number of benzene rings is 2. The summed E-state index contributed by atoms with van der Waals surface area (Å²) in [6.07, 6.45) is -4.45. The minimum atomic E-state index is -4.45. The Labute approximate surface area is 151 Å². The van der Waals surface area contributed by atoms with E-state index in [-0.39, 0.29) is 11.4 Å². The average molecular weight is 372 g/mol. The molecule has 0 fully saturated rings. The number of aromatic nitrogens is 1. The first kappa shape index (κ1) is 17.6. The van der Waals surface area contributed by atoms with E-state index in [1.165, 1.54) is 23.5 Å². The Hall–Kier alpha value is -3.18. The fraction of sp³-hybridized carbons (Fsp3) is 0.0556. The first-order chi connectivity index (χ1) is 12.5. The van der Waals surface area contributed by atoms with Gasteiger partial charge in [0, 0.05) is 10.9 Å². The van der Waals surface area contributed by atoms with Gasteiger partial charge in [0.05, 0.1) is 16.9 Å². The number of nitrogens with zero attached hydrogens (tertiary/aromatic N) is 3. The highest BCUT2D eigenvalue weighted by Gasteiger charge is 2.30. The highest BCUT2D eigenvalue weighted by atomic mass is 32.1. The maximum atomic E-state index is 12.7. The van der Waals surface area contributed by atoms with E-state index in [4.69, 9.17) is 0 Å². The Morgan fingerprint density at radius 2 is 1.88 bits per heavy atom. The van der Waals surface area contributed by atoms with Crippen molar-refractivity contribution in [1.82, 2.24) is 4.98 Å². The standard InChI is InChI=1S/C18H11F3N4S/c19-18(20,21)13-7-4-8-14(9-13)24-25-15(10-22)17-23-16(11-26-17)12-5-2-1-3-6-12/h1-9,11,24H/b25-15-. The first-order valence-electron chi connectivity index (χ1n) is 7.40. The van der Waals surface area contributed by atoms with E-state index in [1.807, 2.05) is 36.4 Å². The van der Waals surface area contributed by atoms with Crippen molar-refractivity contribution in [3.63, 3.8) is 0 Å². The van der Waals surface area contributed by atoms with Gasteiger partial charge in [-0.15, -0.1) is 11.3 Å². The van der Waals surface area contributed by atoms with Gasteiger partial charge in [-0.05, 0) is 18.2 Å². The number of hydrogen-bond donors (Lipinski definition) is 1. The van der Waals surface area contributed by atoms with Crippen molar-refractivity contribution >= 4 is 22.7 Å². The van der Waals surface area contributed by atoms with Crippen LogP contribution in [0.4, 0.5) is 18.9 Å². The van der Waals surface area contributed by atoms with Crippen LogP contribution in [0.1, 0.15) is 10.6 Å². The van der Waals surface area contributed by atoms with E-state index >= 15 is 0 Å². The zero-order valence-corrected chi connectivity index (χ0v) is 14.0. The maximum absolute atomic E-state index is 12.7. The molecule has 130 valence electrons. The largest absolute Gasteiger partial charge is 0.416 e. The van der Waals surface area contributed by atoms with Crippen molar-refractivity contribution in [1.29, 1.82) is 5.26 Å². The number of nitrogens with one attached hydrogen (secondary N) is 1. The van der Waals surface area contributed by atoms with Gasteiger partial charge in [0.2, 0.25) is 0 Å². The summed E-state index contributed by atoms with van der Waals surface area (Å²) in [5, 5.41) is 15.4. The van der Waals surface area contributed by atoms with Crippen LogP contribution in [0.5, 0.6) is 0 Å². The van der Waals surface area contributed by atoms with Crippen molar-refractivity contribution in [2.75, 3.05) is 5.43 Å². The number of anilines is 1. The molecule has 0 radical (unpaired) electrons. The smallest absolute Gasteiger partial charge is 0.277 e. The Kier molecular flexibility index (Phi) is 5.00. The van der Waals surface area contributed by atoms with E-state index in [2.05, 4.69) is 15.5 Å². The molecule has 26 heavy (non-hydrogen) atoms. The number of rotatable bonds is 4. The second kappa shape index (κ2) is 7.37. The molecular formula is C18H11F3N4S. The van der Waals surface area contributed by atoms with Gasteiger partial charge in [0.1, 0.15) is 6.07 Å². The third-order valence-electron chi connectivity index (χ3n) is 3.37. The third kappa shape index (κ3) is 4.07. The zero-order chi connectivity index (χ0) is 18.6. The molecule has 0 aliphatic carbocycles.